The van der Waals surface area contributed by atoms with E-state index < -0.39 is 17.3 Å². The summed E-state index contributed by atoms with van der Waals surface area (Å²) in [5, 5.41) is 8.75. The van der Waals surface area contributed by atoms with Gasteiger partial charge < -0.3 is 19.4 Å². The molecule has 0 aliphatic carbocycles. The van der Waals surface area contributed by atoms with Gasteiger partial charge in [0.25, 0.3) is 0 Å². The molecule has 1 aliphatic heterocycles. The number of nitrogens with one attached hydrogen (secondary N) is 1. The number of hydrogen-bond donors (Lipinski definition) is 1. The van der Waals surface area contributed by atoms with Crippen LogP contribution in [0.2, 0.25) is 0 Å². The number of halogens is 3. The maximum absolute atomic E-state index is 12.7. The fourth-order valence-electron chi connectivity index (χ4n) is 2.26. The normalized spacial score (nSPS) is 14.3. The molecule has 2 heterocycles. The first kappa shape index (κ1) is 18.4. The molecule has 0 unspecified atom stereocenters. The fourth-order valence-corrected chi connectivity index (χ4v) is 3.10. The van der Waals surface area contributed by atoms with E-state index in [9.17, 15) is 18.0 Å². The average molecular weight is 388 g/mol. The number of amides is 1. The third-order valence-corrected chi connectivity index (χ3v) is 4.78. The number of fused-ring (bicyclic) bond motifs is 1. The number of benzene rings is 1. The quantitative estimate of drug-likeness (QED) is 0.793. The molecule has 0 radical (unpaired) electrons. The van der Waals surface area contributed by atoms with Crippen molar-refractivity contribution in [2.24, 2.45) is 7.05 Å². The van der Waals surface area contributed by atoms with Gasteiger partial charge >= 0.3 is 6.18 Å². The van der Waals surface area contributed by atoms with Crippen LogP contribution in [0.5, 0.6) is 11.5 Å². The zero-order chi connectivity index (χ0) is 18.9. The summed E-state index contributed by atoms with van der Waals surface area (Å²) in [5.74, 6) is -0.179. The Kier molecular flexibility index (Phi) is 4.99. The molecule has 1 N–H and O–H groups in total. The van der Waals surface area contributed by atoms with Crippen molar-refractivity contribution in [3.8, 4) is 11.5 Å². The number of nitrogens with zero attached hydrogens (tertiary/aromatic N) is 3. The monoisotopic (exact) mass is 388 g/mol. The molecule has 7 nitrogen and oxygen atoms in total. The Labute approximate surface area is 150 Å². The topological polar surface area (TPSA) is 78.3 Å². The molecule has 140 valence electrons. The van der Waals surface area contributed by atoms with Gasteiger partial charge in [0.1, 0.15) is 0 Å². The van der Waals surface area contributed by atoms with Crippen molar-refractivity contribution in [1.82, 2.24) is 20.1 Å². The third kappa shape index (κ3) is 3.87. The first-order chi connectivity index (χ1) is 12.3. The van der Waals surface area contributed by atoms with Crippen LogP contribution in [0.15, 0.2) is 23.4 Å². The highest BCUT2D eigenvalue weighted by Gasteiger charge is 2.37. The summed E-state index contributed by atoms with van der Waals surface area (Å²) in [6.07, 6.45) is -4.59. The van der Waals surface area contributed by atoms with Crippen LogP contribution in [0, 0.1) is 0 Å². The molecule has 1 aromatic carbocycles. The lowest BCUT2D eigenvalue weighted by molar-refractivity contribution is -0.147. The Balaban J connectivity index is 1.58. The van der Waals surface area contributed by atoms with Gasteiger partial charge in [-0.3, -0.25) is 4.79 Å². The van der Waals surface area contributed by atoms with Gasteiger partial charge in [0.2, 0.25) is 18.5 Å². The Morgan fingerprint density at radius 3 is 2.77 bits per heavy atom. The molecule has 0 fully saturated rings. The molecule has 3 rings (SSSR count). The molecule has 0 bridgehead atoms. The maximum atomic E-state index is 12.7. The van der Waals surface area contributed by atoms with Crippen molar-refractivity contribution in [3.63, 3.8) is 0 Å². The Bertz CT molecular complexity index is 825. The third-order valence-electron chi connectivity index (χ3n) is 3.64. The van der Waals surface area contributed by atoms with Gasteiger partial charge in [-0.15, -0.1) is 10.2 Å². The number of thioether (sulfide) groups is 1. The fraction of sp³-hybridized carbons (Fsp3) is 0.400. The summed E-state index contributed by atoms with van der Waals surface area (Å²) < 4.78 is 49.5. The summed E-state index contributed by atoms with van der Waals surface area (Å²) in [5.41, 5.74) is 0.817. The highest BCUT2D eigenvalue weighted by atomic mass is 32.2. The second kappa shape index (κ2) is 7.06. The van der Waals surface area contributed by atoms with E-state index in [1.165, 1.54) is 7.05 Å². The smallest absolute Gasteiger partial charge is 0.451 e. The molecular weight excluding hydrogens is 373 g/mol. The highest BCUT2D eigenvalue weighted by molar-refractivity contribution is 8.00. The Hall–Kier alpha value is -2.43. The SMILES string of the molecule is C[C@H](Sc1nnc(C(F)(F)F)n1C)C(=O)NCc1ccc2c(c1)OCO2. The van der Waals surface area contributed by atoms with E-state index in [4.69, 9.17) is 9.47 Å². The lowest BCUT2D eigenvalue weighted by atomic mass is 10.2. The maximum Gasteiger partial charge on any atom is 0.451 e. The Morgan fingerprint density at radius 2 is 2.08 bits per heavy atom. The number of carbonyl (C=O) groups is 1. The van der Waals surface area contributed by atoms with E-state index in [-0.39, 0.29) is 24.4 Å². The largest absolute Gasteiger partial charge is 0.454 e. The van der Waals surface area contributed by atoms with E-state index in [1.807, 2.05) is 0 Å². The molecule has 26 heavy (non-hydrogen) atoms. The van der Waals surface area contributed by atoms with Gasteiger partial charge in [-0.05, 0) is 24.6 Å². The van der Waals surface area contributed by atoms with Crippen molar-refractivity contribution in [2.45, 2.75) is 30.1 Å². The summed E-state index contributed by atoms with van der Waals surface area (Å²) in [6.45, 7) is 2.00. The van der Waals surface area contributed by atoms with Crippen LogP contribution in [0.25, 0.3) is 0 Å². The van der Waals surface area contributed by atoms with Gasteiger partial charge in [0.15, 0.2) is 16.7 Å². The van der Waals surface area contributed by atoms with Gasteiger partial charge in [-0.2, -0.15) is 13.2 Å². The average Bonchev–Trinajstić information content (AvgIpc) is 3.18. The standard InChI is InChI=1S/C15H15F3N4O3S/c1-8(26-14-21-20-13(22(14)2)15(16,17)18)12(23)19-6-9-3-4-10-11(5-9)25-7-24-10/h3-5,8H,6-7H2,1-2H3,(H,19,23)/t8-/m0/s1. The molecule has 1 aromatic heterocycles. The second-order valence-electron chi connectivity index (χ2n) is 5.53. The number of carbonyl (C=O) groups excluding carboxylic acids is 1. The minimum absolute atomic E-state index is 0.0167. The van der Waals surface area contributed by atoms with Crippen molar-refractivity contribution < 1.29 is 27.4 Å². The van der Waals surface area contributed by atoms with Crippen molar-refractivity contribution in [3.05, 3.63) is 29.6 Å². The van der Waals surface area contributed by atoms with Gasteiger partial charge in [0, 0.05) is 13.6 Å². The highest BCUT2D eigenvalue weighted by Crippen LogP contribution is 2.33. The summed E-state index contributed by atoms with van der Waals surface area (Å²) in [7, 11) is 1.21. The summed E-state index contributed by atoms with van der Waals surface area (Å²) >= 11 is 0.903. The Morgan fingerprint density at radius 1 is 1.35 bits per heavy atom. The predicted octanol–water partition coefficient (Wildman–Crippen LogP) is 2.36. The van der Waals surface area contributed by atoms with E-state index >= 15 is 0 Å². The van der Waals surface area contributed by atoms with E-state index in [2.05, 4.69) is 15.5 Å². The molecule has 1 aliphatic rings. The first-order valence-electron chi connectivity index (χ1n) is 7.55. The van der Waals surface area contributed by atoms with Crippen LogP contribution in [0.1, 0.15) is 18.3 Å². The lowest BCUT2D eigenvalue weighted by Crippen LogP contribution is -2.30. The summed E-state index contributed by atoms with van der Waals surface area (Å²) in [6, 6.07) is 5.31. The summed E-state index contributed by atoms with van der Waals surface area (Å²) in [4.78, 5) is 12.2. The van der Waals surface area contributed by atoms with E-state index in [1.54, 1.807) is 25.1 Å². The van der Waals surface area contributed by atoms with Crippen LogP contribution in [0.4, 0.5) is 13.2 Å². The molecular formula is C15H15F3N4O3S. The van der Waals surface area contributed by atoms with Crippen LogP contribution in [-0.4, -0.2) is 32.7 Å². The zero-order valence-electron chi connectivity index (χ0n) is 13.8. The van der Waals surface area contributed by atoms with E-state index in [0.717, 1.165) is 21.9 Å². The molecule has 2 aromatic rings. The molecule has 0 spiro atoms. The first-order valence-corrected chi connectivity index (χ1v) is 8.43. The van der Waals surface area contributed by atoms with Gasteiger partial charge in [-0.1, -0.05) is 17.8 Å². The predicted molar refractivity (Wildman–Crippen MR) is 85.7 cm³/mol. The van der Waals surface area contributed by atoms with Crippen molar-refractivity contribution >= 4 is 17.7 Å². The second-order valence-corrected chi connectivity index (χ2v) is 6.84. The van der Waals surface area contributed by atoms with Crippen LogP contribution < -0.4 is 14.8 Å². The number of ether oxygens (including phenoxy) is 2. The zero-order valence-corrected chi connectivity index (χ0v) is 14.6. The van der Waals surface area contributed by atoms with Crippen LogP contribution >= 0.6 is 11.8 Å². The van der Waals surface area contributed by atoms with Crippen molar-refractivity contribution in [2.75, 3.05) is 6.79 Å². The van der Waals surface area contributed by atoms with Gasteiger partial charge in [-0.25, -0.2) is 0 Å². The van der Waals surface area contributed by atoms with Crippen LogP contribution in [0.3, 0.4) is 0 Å². The van der Waals surface area contributed by atoms with Crippen molar-refractivity contribution in [1.29, 1.82) is 0 Å². The number of aromatic nitrogens is 3. The molecule has 1 amide bonds. The number of hydrogen-bond acceptors (Lipinski definition) is 6. The molecule has 1 atom stereocenters. The molecule has 11 heteroatoms. The minimum atomic E-state index is -4.59. The molecule has 0 saturated heterocycles. The van der Waals surface area contributed by atoms with E-state index in [0.29, 0.717) is 11.5 Å². The van der Waals surface area contributed by atoms with Gasteiger partial charge in [0.05, 0.1) is 5.25 Å². The molecule has 0 saturated carbocycles. The minimum Gasteiger partial charge on any atom is -0.454 e. The number of alkyl halides is 3. The number of rotatable bonds is 5. The van der Waals surface area contributed by atoms with Crippen LogP contribution in [-0.2, 0) is 24.6 Å². The lowest BCUT2D eigenvalue weighted by Gasteiger charge is -2.12.